The molecule has 0 bridgehead atoms. The number of thioether (sulfide) groups is 1. The van der Waals surface area contributed by atoms with Crippen LogP contribution in [0, 0.1) is 11.3 Å². The summed E-state index contributed by atoms with van der Waals surface area (Å²) in [6, 6.07) is 17.8. The van der Waals surface area contributed by atoms with E-state index in [0.717, 1.165) is 16.4 Å². The second kappa shape index (κ2) is 6.13. The first-order chi connectivity index (χ1) is 8.81. The molecule has 0 atom stereocenters. The molecular weight excluding hydrogens is 242 g/mol. The number of rotatable bonds is 4. The van der Waals surface area contributed by atoms with E-state index in [2.05, 4.69) is 18.2 Å². The molecule has 0 saturated carbocycles. The first-order valence-corrected chi connectivity index (χ1v) is 6.56. The molecule has 18 heavy (non-hydrogen) atoms. The van der Waals surface area contributed by atoms with E-state index in [0.29, 0.717) is 5.56 Å². The zero-order valence-electron chi connectivity index (χ0n) is 10.1. The second-order valence-electron chi connectivity index (χ2n) is 3.78. The smallest absolute Gasteiger partial charge is 0.118 e. The Morgan fingerprint density at radius 1 is 1.17 bits per heavy atom. The van der Waals surface area contributed by atoms with Gasteiger partial charge >= 0.3 is 0 Å². The van der Waals surface area contributed by atoms with Gasteiger partial charge in [0.05, 0.1) is 18.7 Å². The molecular formula is C15H13NOS. The Kier molecular flexibility index (Phi) is 4.27. The van der Waals surface area contributed by atoms with Crippen molar-refractivity contribution in [1.82, 2.24) is 0 Å². The highest BCUT2D eigenvalue weighted by molar-refractivity contribution is 7.98. The molecule has 0 aliphatic carbocycles. The summed E-state index contributed by atoms with van der Waals surface area (Å²) in [7, 11) is 1.66. The highest BCUT2D eigenvalue weighted by atomic mass is 32.2. The van der Waals surface area contributed by atoms with Crippen molar-refractivity contribution in [2.24, 2.45) is 0 Å². The van der Waals surface area contributed by atoms with E-state index >= 15 is 0 Å². The lowest BCUT2D eigenvalue weighted by Gasteiger charge is -2.04. The van der Waals surface area contributed by atoms with Crippen LogP contribution in [0.5, 0.6) is 5.75 Å². The summed E-state index contributed by atoms with van der Waals surface area (Å²) in [5.41, 5.74) is 1.94. The van der Waals surface area contributed by atoms with Crippen LogP contribution in [0.4, 0.5) is 0 Å². The molecule has 90 valence electrons. The molecule has 0 aliphatic rings. The summed E-state index contributed by atoms with van der Waals surface area (Å²) in [6.07, 6.45) is 0. The van der Waals surface area contributed by atoms with Crippen molar-refractivity contribution in [3.63, 3.8) is 0 Å². The molecule has 2 nitrogen and oxygen atoms in total. The number of hydrogen-bond acceptors (Lipinski definition) is 3. The van der Waals surface area contributed by atoms with Gasteiger partial charge in [-0.2, -0.15) is 5.26 Å². The number of ether oxygens (including phenoxy) is 1. The maximum atomic E-state index is 8.83. The number of nitrogens with zero attached hydrogens (tertiary/aromatic N) is 1. The quantitative estimate of drug-likeness (QED) is 0.778. The molecule has 0 aromatic heterocycles. The first kappa shape index (κ1) is 12.5. The lowest BCUT2D eigenvalue weighted by Crippen LogP contribution is -1.84. The Morgan fingerprint density at radius 2 is 1.94 bits per heavy atom. The predicted molar refractivity (Wildman–Crippen MR) is 73.7 cm³/mol. The van der Waals surface area contributed by atoms with Gasteiger partial charge in [-0.1, -0.05) is 18.2 Å². The molecule has 0 saturated heterocycles. The number of nitriles is 1. The minimum atomic E-state index is 0.703. The third kappa shape index (κ3) is 3.28. The summed E-state index contributed by atoms with van der Waals surface area (Å²) in [6.45, 7) is 0. The Bertz CT molecular complexity index is 557. The van der Waals surface area contributed by atoms with Gasteiger partial charge in [0.25, 0.3) is 0 Å². The van der Waals surface area contributed by atoms with Crippen molar-refractivity contribution in [3.05, 3.63) is 59.7 Å². The van der Waals surface area contributed by atoms with E-state index in [9.17, 15) is 0 Å². The van der Waals surface area contributed by atoms with Crippen LogP contribution in [-0.2, 0) is 5.75 Å². The Hall–Kier alpha value is -1.92. The normalized spacial score (nSPS) is 9.78. The molecule has 0 aliphatic heterocycles. The molecule has 0 spiro atoms. The molecule has 0 unspecified atom stereocenters. The minimum absolute atomic E-state index is 0.703. The lowest BCUT2D eigenvalue weighted by molar-refractivity contribution is 0.414. The van der Waals surface area contributed by atoms with Gasteiger partial charge < -0.3 is 4.74 Å². The van der Waals surface area contributed by atoms with Crippen molar-refractivity contribution in [2.45, 2.75) is 10.6 Å². The van der Waals surface area contributed by atoms with E-state index in [1.54, 1.807) is 18.9 Å². The zero-order valence-corrected chi connectivity index (χ0v) is 10.9. The third-order valence-electron chi connectivity index (χ3n) is 2.53. The average Bonchev–Trinajstić information content (AvgIpc) is 2.46. The summed E-state index contributed by atoms with van der Waals surface area (Å²) in [4.78, 5) is 1.12. The van der Waals surface area contributed by atoms with E-state index in [1.807, 2.05) is 36.4 Å². The molecule has 0 N–H and O–H groups in total. The van der Waals surface area contributed by atoms with Crippen molar-refractivity contribution in [2.75, 3.05) is 7.11 Å². The molecule has 2 aromatic carbocycles. The fourth-order valence-electron chi connectivity index (χ4n) is 1.54. The SMILES string of the molecule is COc1ccc(CSc2cccc(C#N)c2)cc1. The molecule has 0 radical (unpaired) electrons. The van der Waals surface area contributed by atoms with Crippen LogP contribution < -0.4 is 4.74 Å². The maximum Gasteiger partial charge on any atom is 0.118 e. The van der Waals surface area contributed by atoms with E-state index in [1.165, 1.54) is 5.56 Å². The van der Waals surface area contributed by atoms with Crippen LogP contribution in [0.3, 0.4) is 0 Å². The predicted octanol–water partition coefficient (Wildman–Crippen LogP) is 3.86. The highest BCUT2D eigenvalue weighted by Crippen LogP contribution is 2.24. The monoisotopic (exact) mass is 255 g/mol. The standard InChI is InChI=1S/C15H13NOS/c1-17-14-7-5-12(6-8-14)11-18-15-4-2-3-13(9-15)10-16/h2-9H,11H2,1H3. The van der Waals surface area contributed by atoms with Crippen LogP contribution in [0.25, 0.3) is 0 Å². The third-order valence-corrected chi connectivity index (χ3v) is 3.59. The minimum Gasteiger partial charge on any atom is -0.497 e. The molecule has 0 amide bonds. The van der Waals surface area contributed by atoms with E-state index < -0.39 is 0 Å². The summed E-state index contributed by atoms with van der Waals surface area (Å²) < 4.78 is 5.12. The maximum absolute atomic E-state index is 8.83. The van der Waals surface area contributed by atoms with Crippen LogP contribution in [0.2, 0.25) is 0 Å². The highest BCUT2D eigenvalue weighted by Gasteiger charge is 1.98. The fraction of sp³-hybridized carbons (Fsp3) is 0.133. The van der Waals surface area contributed by atoms with Gasteiger partial charge in [-0.25, -0.2) is 0 Å². The number of benzene rings is 2. The van der Waals surface area contributed by atoms with Gasteiger partial charge in [0.15, 0.2) is 0 Å². The molecule has 2 aromatic rings. The van der Waals surface area contributed by atoms with Gasteiger partial charge in [-0.05, 0) is 35.9 Å². The second-order valence-corrected chi connectivity index (χ2v) is 4.83. The van der Waals surface area contributed by atoms with Gasteiger partial charge in [0.1, 0.15) is 5.75 Å². The summed E-state index contributed by atoms with van der Waals surface area (Å²) in [5.74, 6) is 1.76. The van der Waals surface area contributed by atoms with Crippen molar-refractivity contribution >= 4 is 11.8 Å². The zero-order chi connectivity index (χ0) is 12.8. The van der Waals surface area contributed by atoms with Crippen LogP contribution in [0.15, 0.2) is 53.4 Å². The number of hydrogen-bond donors (Lipinski definition) is 0. The topological polar surface area (TPSA) is 33.0 Å². The molecule has 0 fully saturated rings. The van der Waals surface area contributed by atoms with Crippen LogP contribution >= 0.6 is 11.8 Å². The van der Waals surface area contributed by atoms with Crippen LogP contribution in [0.1, 0.15) is 11.1 Å². The molecule has 0 heterocycles. The number of methoxy groups -OCH3 is 1. The summed E-state index contributed by atoms with van der Waals surface area (Å²) in [5, 5.41) is 8.83. The van der Waals surface area contributed by atoms with Crippen LogP contribution in [-0.4, -0.2) is 7.11 Å². The average molecular weight is 255 g/mol. The summed E-state index contributed by atoms with van der Waals surface area (Å²) >= 11 is 1.72. The molecule has 3 heteroatoms. The van der Waals surface area contributed by atoms with Crippen molar-refractivity contribution in [3.8, 4) is 11.8 Å². The lowest BCUT2D eigenvalue weighted by atomic mass is 10.2. The van der Waals surface area contributed by atoms with Crippen molar-refractivity contribution < 1.29 is 4.74 Å². The van der Waals surface area contributed by atoms with E-state index in [4.69, 9.17) is 10.00 Å². The Morgan fingerprint density at radius 3 is 2.61 bits per heavy atom. The van der Waals surface area contributed by atoms with E-state index in [-0.39, 0.29) is 0 Å². The Labute approximate surface area is 111 Å². The van der Waals surface area contributed by atoms with Gasteiger partial charge in [-0.15, -0.1) is 11.8 Å². The van der Waals surface area contributed by atoms with Gasteiger partial charge in [0.2, 0.25) is 0 Å². The Balaban J connectivity index is 2.00. The largest absolute Gasteiger partial charge is 0.497 e. The molecule has 2 rings (SSSR count). The fourth-order valence-corrected chi connectivity index (χ4v) is 2.45. The van der Waals surface area contributed by atoms with Gasteiger partial charge in [-0.3, -0.25) is 0 Å². The van der Waals surface area contributed by atoms with Gasteiger partial charge in [0, 0.05) is 10.6 Å². The van der Waals surface area contributed by atoms with Crippen molar-refractivity contribution in [1.29, 1.82) is 5.26 Å². The first-order valence-electron chi connectivity index (χ1n) is 5.58.